The van der Waals surface area contributed by atoms with Crippen LogP contribution in [-0.2, 0) is 6.54 Å². The highest BCUT2D eigenvalue weighted by atomic mass is 16.6. The maximum atomic E-state index is 10.6. The summed E-state index contributed by atoms with van der Waals surface area (Å²) in [6.07, 6.45) is 0. The topological polar surface area (TPSA) is 87.0 Å². The van der Waals surface area contributed by atoms with Crippen molar-refractivity contribution in [2.45, 2.75) is 33.4 Å². The lowest BCUT2D eigenvalue weighted by atomic mass is 10.1. The molecule has 2 N–H and O–H groups in total. The number of nitro benzene ring substituents is 1. The molecule has 6 nitrogen and oxygen atoms in total. The largest absolute Gasteiger partial charge is 0.324 e. The molecule has 0 saturated carbocycles. The van der Waals surface area contributed by atoms with E-state index in [1.807, 2.05) is 25.5 Å². The van der Waals surface area contributed by atoms with Crippen molar-refractivity contribution in [3.8, 4) is 0 Å². The van der Waals surface area contributed by atoms with Crippen molar-refractivity contribution in [1.82, 2.24) is 9.78 Å². The van der Waals surface area contributed by atoms with Crippen LogP contribution < -0.4 is 5.73 Å². The predicted molar refractivity (Wildman–Crippen MR) is 76.5 cm³/mol. The smallest absolute Gasteiger partial charge is 0.269 e. The molecule has 0 saturated heterocycles. The minimum atomic E-state index is -0.401. The third kappa shape index (κ3) is 2.70. The first-order valence-electron chi connectivity index (χ1n) is 6.43. The van der Waals surface area contributed by atoms with Gasteiger partial charge in [0.1, 0.15) is 0 Å². The van der Waals surface area contributed by atoms with E-state index in [1.165, 1.54) is 12.1 Å². The van der Waals surface area contributed by atoms with E-state index in [0.717, 1.165) is 22.5 Å². The first-order chi connectivity index (χ1) is 9.40. The van der Waals surface area contributed by atoms with Gasteiger partial charge in [-0.15, -0.1) is 0 Å². The molecule has 6 heteroatoms. The molecular weight excluding hydrogens is 256 g/mol. The number of hydrogen-bond donors (Lipinski definition) is 1. The SMILES string of the molecule is Cc1nn(Cc2ccc([N+](=O)[O-])cc2)c(C)c1C(C)N. The van der Waals surface area contributed by atoms with E-state index in [-0.39, 0.29) is 11.7 Å². The Labute approximate surface area is 117 Å². The fraction of sp³-hybridized carbons (Fsp3) is 0.357. The maximum absolute atomic E-state index is 10.6. The second-order valence-electron chi connectivity index (χ2n) is 4.95. The van der Waals surface area contributed by atoms with E-state index in [1.54, 1.807) is 12.1 Å². The zero-order valence-electron chi connectivity index (χ0n) is 11.8. The van der Waals surface area contributed by atoms with Gasteiger partial charge in [-0.2, -0.15) is 5.10 Å². The average Bonchev–Trinajstić information content (AvgIpc) is 2.65. The Kier molecular flexibility index (Phi) is 3.85. The summed E-state index contributed by atoms with van der Waals surface area (Å²) in [7, 11) is 0. The van der Waals surface area contributed by atoms with Gasteiger partial charge in [-0.25, -0.2) is 0 Å². The third-order valence-corrected chi connectivity index (χ3v) is 3.37. The molecule has 1 aromatic heterocycles. The number of aromatic nitrogens is 2. The highest BCUT2D eigenvalue weighted by Crippen LogP contribution is 2.20. The molecule has 20 heavy (non-hydrogen) atoms. The molecule has 1 atom stereocenters. The third-order valence-electron chi connectivity index (χ3n) is 3.37. The van der Waals surface area contributed by atoms with Crippen LogP contribution in [-0.4, -0.2) is 14.7 Å². The highest BCUT2D eigenvalue weighted by molar-refractivity contribution is 5.34. The highest BCUT2D eigenvalue weighted by Gasteiger charge is 2.15. The van der Waals surface area contributed by atoms with Gasteiger partial charge in [0.25, 0.3) is 5.69 Å². The van der Waals surface area contributed by atoms with Crippen LogP contribution in [0.4, 0.5) is 5.69 Å². The van der Waals surface area contributed by atoms with Crippen LogP contribution in [0.15, 0.2) is 24.3 Å². The monoisotopic (exact) mass is 274 g/mol. The zero-order valence-corrected chi connectivity index (χ0v) is 11.8. The van der Waals surface area contributed by atoms with Crippen LogP contribution in [0.25, 0.3) is 0 Å². The van der Waals surface area contributed by atoms with E-state index in [0.29, 0.717) is 6.54 Å². The molecule has 1 unspecified atom stereocenters. The number of aryl methyl sites for hydroxylation is 1. The lowest BCUT2D eigenvalue weighted by molar-refractivity contribution is -0.384. The van der Waals surface area contributed by atoms with Gasteiger partial charge >= 0.3 is 0 Å². The van der Waals surface area contributed by atoms with Crippen molar-refractivity contribution in [3.63, 3.8) is 0 Å². The zero-order chi connectivity index (χ0) is 14.9. The minimum Gasteiger partial charge on any atom is -0.324 e. The first kappa shape index (κ1) is 14.2. The number of rotatable bonds is 4. The van der Waals surface area contributed by atoms with Gasteiger partial charge in [0, 0.05) is 29.4 Å². The molecule has 0 aliphatic heterocycles. The van der Waals surface area contributed by atoms with E-state index >= 15 is 0 Å². The molecular formula is C14H18N4O2. The van der Waals surface area contributed by atoms with E-state index in [9.17, 15) is 10.1 Å². The van der Waals surface area contributed by atoms with Crippen LogP contribution in [0.5, 0.6) is 0 Å². The van der Waals surface area contributed by atoms with Crippen molar-refractivity contribution >= 4 is 5.69 Å². The van der Waals surface area contributed by atoms with Crippen molar-refractivity contribution in [3.05, 3.63) is 56.9 Å². The van der Waals surface area contributed by atoms with Gasteiger partial charge in [-0.1, -0.05) is 12.1 Å². The lowest BCUT2D eigenvalue weighted by Crippen LogP contribution is -2.09. The average molecular weight is 274 g/mol. The molecule has 0 aliphatic rings. The van der Waals surface area contributed by atoms with Crippen molar-refractivity contribution < 1.29 is 4.92 Å². The van der Waals surface area contributed by atoms with Gasteiger partial charge in [-0.3, -0.25) is 14.8 Å². The first-order valence-corrected chi connectivity index (χ1v) is 6.43. The summed E-state index contributed by atoms with van der Waals surface area (Å²) in [5.41, 5.74) is 10.0. The van der Waals surface area contributed by atoms with Gasteiger partial charge < -0.3 is 5.73 Å². The van der Waals surface area contributed by atoms with Crippen LogP contribution >= 0.6 is 0 Å². The molecule has 2 aromatic rings. The Morgan fingerprint density at radius 1 is 1.35 bits per heavy atom. The second kappa shape index (κ2) is 5.42. The number of nitrogens with zero attached hydrogens (tertiary/aromatic N) is 3. The van der Waals surface area contributed by atoms with E-state index < -0.39 is 4.92 Å². The molecule has 1 heterocycles. The van der Waals surface area contributed by atoms with Crippen LogP contribution in [0.1, 0.15) is 35.5 Å². The maximum Gasteiger partial charge on any atom is 0.269 e. The summed E-state index contributed by atoms with van der Waals surface area (Å²) in [5.74, 6) is 0. The van der Waals surface area contributed by atoms with Crippen molar-refractivity contribution in [1.29, 1.82) is 0 Å². The molecule has 2 rings (SSSR count). The number of benzene rings is 1. The summed E-state index contributed by atoms with van der Waals surface area (Å²) in [6.45, 7) is 6.45. The molecule has 0 radical (unpaired) electrons. The van der Waals surface area contributed by atoms with Crippen LogP contribution in [0, 0.1) is 24.0 Å². The summed E-state index contributed by atoms with van der Waals surface area (Å²) >= 11 is 0. The second-order valence-corrected chi connectivity index (χ2v) is 4.95. The molecule has 0 spiro atoms. The van der Waals surface area contributed by atoms with Crippen LogP contribution in [0.3, 0.4) is 0 Å². The van der Waals surface area contributed by atoms with Crippen LogP contribution in [0.2, 0.25) is 0 Å². The van der Waals surface area contributed by atoms with Gasteiger partial charge in [0.15, 0.2) is 0 Å². The quantitative estimate of drug-likeness (QED) is 0.685. The summed E-state index contributed by atoms with van der Waals surface area (Å²) < 4.78 is 1.88. The number of nitrogens with two attached hydrogens (primary N) is 1. The molecule has 0 amide bonds. The van der Waals surface area contributed by atoms with Crippen molar-refractivity contribution in [2.24, 2.45) is 5.73 Å². The molecule has 0 aliphatic carbocycles. The summed E-state index contributed by atoms with van der Waals surface area (Å²) in [5, 5.41) is 15.1. The summed E-state index contributed by atoms with van der Waals surface area (Å²) in [6, 6.07) is 6.46. The molecule has 0 fully saturated rings. The van der Waals surface area contributed by atoms with Gasteiger partial charge in [0.05, 0.1) is 17.2 Å². The van der Waals surface area contributed by atoms with E-state index in [2.05, 4.69) is 5.10 Å². The standard InChI is InChI=1S/C14H18N4O2/c1-9(15)14-10(2)16-17(11(14)3)8-12-4-6-13(7-5-12)18(19)20/h4-7,9H,8,15H2,1-3H3. The number of hydrogen-bond acceptors (Lipinski definition) is 4. The molecule has 106 valence electrons. The number of nitro groups is 1. The minimum absolute atomic E-state index is 0.0550. The predicted octanol–water partition coefficient (Wildman–Crippen LogP) is 2.48. The lowest BCUT2D eigenvalue weighted by Gasteiger charge is -2.07. The molecule has 0 bridgehead atoms. The Hall–Kier alpha value is -2.21. The normalized spacial score (nSPS) is 12.4. The van der Waals surface area contributed by atoms with Crippen molar-refractivity contribution in [2.75, 3.05) is 0 Å². The fourth-order valence-electron chi connectivity index (χ4n) is 2.42. The molecule has 1 aromatic carbocycles. The Bertz CT molecular complexity index is 629. The Morgan fingerprint density at radius 3 is 2.40 bits per heavy atom. The summed E-state index contributed by atoms with van der Waals surface area (Å²) in [4.78, 5) is 10.2. The Morgan fingerprint density at radius 2 is 1.95 bits per heavy atom. The number of non-ortho nitro benzene ring substituents is 1. The Balaban J connectivity index is 2.26. The van der Waals surface area contributed by atoms with E-state index in [4.69, 9.17) is 5.73 Å². The fourth-order valence-corrected chi connectivity index (χ4v) is 2.42. The van der Waals surface area contributed by atoms with Gasteiger partial charge in [-0.05, 0) is 26.3 Å². The van der Waals surface area contributed by atoms with Gasteiger partial charge in [0.2, 0.25) is 0 Å².